The molecule has 1 heterocycles. The van der Waals surface area contributed by atoms with Crippen LogP contribution in [0.15, 0.2) is 71.1 Å². The molecule has 1 aliphatic rings. The number of rotatable bonds is 3. The number of sulfonamides is 1. The van der Waals surface area contributed by atoms with Gasteiger partial charge in [0, 0.05) is 6.54 Å². The van der Waals surface area contributed by atoms with Gasteiger partial charge in [0.25, 0.3) is 0 Å². The number of hydrogen-bond donors (Lipinski definition) is 0. The molecule has 0 N–H and O–H groups in total. The van der Waals surface area contributed by atoms with Crippen molar-refractivity contribution in [3.8, 4) is 0 Å². The third kappa shape index (κ3) is 3.23. The van der Waals surface area contributed by atoms with Gasteiger partial charge in [-0.2, -0.15) is 4.31 Å². The molecule has 0 aliphatic carbocycles. The maximum absolute atomic E-state index is 13.1. The minimum atomic E-state index is -3.51. The van der Waals surface area contributed by atoms with Crippen LogP contribution in [0.1, 0.15) is 30.5 Å². The van der Waals surface area contributed by atoms with Gasteiger partial charge in [-0.1, -0.05) is 59.7 Å². The predicted molar refractivity (Wildman–Crippen MR) is 92.6 cm³/mol. The minimum absolute atomic E-state index is 0.146. The zero-order valence-electron chi connectivity index (χ0n) is 13.4. The highest BCUT2D eigenvalue weighted by Crippen LogP contribution is 2.35. The molecule has 0 saturated heterocycles. The largest absolute Gasteiger partial charge is 0.243 e. The maximum atomic E-state index is 13.1. The van der Waals surface area contributed by atoms with Gasteiger partial charge < -0.3 is 0 Å². The Kier molecular flexibility index (Phi) is 4.37. The Hall–Kier alpha value is -1.91. The molecule has 1 atom stereocenters. The van der Waals surface area contributed by atoms with Crippen LogP contribution in [0, 0.1) is 6.92 Å². The van der Waals surface area contributed by atoms with Crippen LogP contribution in [0.2, 0.25) is 0 Å². The Morgan fingerprint density at radius 1 is 0.957 bits per heavy atom. The van der Waals surface area contributed by atoms with Gasteiger partial charge in [0.1, 0.15) is 0 Å². The van der Waals surface area contributed by atoms with E-state index in [1.54, 1.807) is 16.4 Å². The van der Waals surface area contributed by atoms with Crippen molar-refractivity contribution in [2.75, 3.05) is 6.54 Å². The van der Waals surface area contributed by atoms with E-state index >= 15 is 0 Å². The third-order valence-electron chi connectivity index (χ3n) is 4.29. The molecule has 3 rings (SSSR count). The topological polar surface area (TPSA) is 37.4 Å². The first kappa shape index (κ1) is 16.0. The quantitative estimate of drug-likeness (QED) is 0.797. The van der Waals surface area contributed by atoms with E-state index in [0.29, 0.717) is 11.4 Å². The normalized spacial score (nSPS) is 19.4. The van der Waals surface area contributed by atoms with E-state index in [4.69, 9.17) is 0 Å². The summed E-state index contributed by atoms with van der Waals surface area (Å²) in [5, 5.41) is 0. The lowest BCUT2D eigenvalue weighted by molar-refractivity contribution is 0.332. The fourth-order valence-electron chi connectivity index (χ4n) is 2.93. The highest BCUT2D eigenvalue weighted by atomic mass is 32.2. The van der Waals surface area contributed by atoms with Gasteiger partial charge in [0.15, 0.2) is 0 Å². The molecule has 0 fully saturated rings. The van der Waals surface area contributed by atoms with Crippen LogP contribution in [-0.4, -0.2) is 19.3 Å². The Bertz CT molecular complexity index is 808. The van der Waals surface area contributed by atoms with Gasteiger partial charge in [0.2, 0.25) is 10.0 Å². The van der Waals surface area contributed by atoms with E-state index in [9.17, 15) is 8.42 Å². The summed E-state index contributed by atoms with van der Waals surface area (Å²) in [7, 11) is -3.51. The van der Waals surface area contributed by atoms with Crippen molar-refractivity contribution < 1.29 is 8.42 Å². The first-order valence-corrected chi connectivity index (χ1v) is 9.21. The monoisotopic (exact) mass is 327 g/mol. The van der Waals surface area contributed by atoms with Crippen LogP contribution in [-0.2, 0) is 10.0 Å². The standard InChI is InChI=1S/C19H21NO2S/c1-15-8-10-18(11-9-15)23(21,22)20-13-12-16(2)14-19(20)17-6-4-3-5-7-17/h3-12,19H,13-14H2,1-2H3/t19-/m0/s1. The van der Waals surface area contributed by atoms with Crippen LogP contribution < -0.4 is 0 Å². The van der Waals surface area contributed by atoms with Gasteiger partial charge in [-0.05, 0) is 38.0 Å². The molecule has 0 aromatic heterocycles. The molecular weight excluding hydrogens is 306 g/mol. The van der Waals surface area contributed by atoms with Crippen LogP contribution >= 0.6 is 0 Å². The Labute approximate surface area is 138 Å². The summed E-state index contributed by atoms with van der Waals surface area (Å²) < 4.78 is 27.8. The minimum Gasteiger partial charge on any atom is -0.207 e. The maximum Gasteiger partial charge on any atom is 0.243 e. The van der Waals surface area contributed by atoms with Crippen molar-refractivity contribution in [3.63, 3.8) is 0 Å². The van der Waals surface area contributed by atoms with Gasteiger partial charge in [-0.3, -0.25) is 0 Å². The van der Waals surface area contributed by atoms with Crippen molar-refractivity contribution >= 4 is 10.0 Å². The number of benzene rings is 2. The van der Waals surface area contributed by atoms with E-state index in [-0.39, 0.29) is 6.04 Å². The zero-order valence-corrected chi connectivity index (χ0v) is 14.3. The molecule has 120 valence electrons. The third-order valence-corrected chi connectivity index (χ3v) is 6.18. The summed E-state index contributed by atoms with van der Waals surface area (Å²) >= 11 is 0. The molecular formula is C19H21NO2S. The molecule has 0 bridgehead atoms. The van der Waals surface area contributed by atoms with Crippen molar-refractivity contribution in [3.05, 3.63) is 77.4 Å². The number of aryl methyl sites for hydroxylation is 1. The molecule has 0 radical (unpaired) electrons. The van der Waals surface area contributed by atoms with Crippen LogP contribution in [0.3, 0.4) is 0 Å². The van der Waals surface area contributed by atoms with Crippen molar-refractivity contribution in [1.82, 2.24) is 4.31 Å². The summed E-state index contributed by atoms with van der Waals surface area (Å²) in [6.45, 7) is 4.43. The fourth-order valence-corrected chi connectivity index (χ4v) is 4.49. The summed E-state index contributed by atoms with van der Waals surface area (Å²) in [6, 6.07) is 16.8. The van der Waals surface area contributed by atoms with E-state index < -0.39 is 10.0 Å². The van der Waals surface area contributed by atoms with E-state index in [1.807, 2.05) is 55.5 Å². The summed E-state index contributed by atoms with van der Waals surface area (Å²) in [5.74, 6) is 0. The van der Waals surface area contributed by atoms with Gasteiger partial charge in [0.05, 0.1) is 10.9 Å². The molecule has 1 aliphatic heterocycles. The van der Waals surface area contributed by atoms with Crippen LogP contribution in [0.25, 0.3) is 0 Å². The number of hydrogen-bond acceptors (Lipinski definition) is 2. The summed E-state index contributed by atoms with van der Waals surface area (Å²) in [6.07, 6.45) is 2.74. The first-order chi connectivity index (χ1) is 11.0. The average molecular weight is 327 g/mol. The van der Waals surface area contributed by atoms with Crippen LogP contribution in [0.5, 0.6) is 0 Å². The van der Waals surface area contributed by atoms with E-state index in [1.165, 1.54) is 5.57 Å². The molecule has 2 aromatic rings. The lowest BCUT2D eigenvalue weighted by Gasteiger charge is -2.34. The Morgan fingerprint density at radius 2 is 1.61 bits per heavy atom. The van der Waals surface area contributed by atoms with Crippen molar-refractivity contribution in [1.29, 1.82) is 0 Å². The van der Waals surface area contributed by atoms with Crippen molar-refractivity contribution in [2.45, 2.75) is 31.2 Å². The Balaban J connectivity index is 2.03. The van der Waals surface area contributed by atoms with Gasteiger partial charge in [-0.25, -0.2) is 8.42 Å². The van der Waals surface area contributed by atoms with E-state index in [0.717, 1.165) is 17.5 Å². The zero-order chi connectivity index (χ0) is 16.4. The summed E-state index contributed by atoms with van der Waals surface area (Å²) in [4.78, 5) is 0.358. The molecule has 3 nitrogen and oxygen atoms in total. The van der Waals surface area contributed by atoms with Gasteiger partial charge in [-0.15, -0.1) is 0 Å². The second-order valence-electron chi connectivity index (χ2n) is 6.07. The number of nitrogens with zero attached hydrogens (tertiary/aromatic N) is 1. The molecule has 0 saturated carbocycles. The first-order valence-electron chi connectivity index (χ1n) is 7.77. The van der Waals surface area contributed by atoms with Gasteiger partial charge >= 0.3 is 0 Å². The molecule has 0 unspecified atom stereocenters. The smallest absolute Gasteiger partial charge is 0.207 e. The second kappa shape index (κ2) is 6.30. The molecule has 23 heavy (non-hydrogen) atoms. The van der Waals surface area contributed by atoms with Crippen molar-refractivity contribution in [2.24, 2.45) is 0 Å². The predicted octanol–water partition coefficient (Wildman–Crippen LogP) is 4.08. The SMILES string of the molecule is CC1=CCN(S(=O)(=O)c2ccc(C)cc2)[C@H](c2ccccc2)C1. The highest BCUT2D eigenvalue weighted by molar-refractivity contribution is 7.89. The molecule has 4 heteroatoms. The van der Waals surface area contributed by atoms with Crippen LogP contribution in [0.4, 0.5) is 0 Å². The lowest BCUT2D eigenvalue weighted by atomic mass is 9.97. The van der Waals surface area contributed by atoms with E-state index in [2.05, 4.69) is 6.92 Å². The average Bonchev–Trinajstić information content (AvgIpc) is 2.56. The second-order valence-corrected chi connectivity index (χ2v) is 7.96. The molecule has 0 amide bonds. The molecule has 2 aromatic carbocycles. The Morgan fingerprint density at radius 3 is 2.26 bits per heavy atom. The summed E-state index contributed by atoms with van der Waals surface area (Å²) in [5.41, 5.74) is 3.32. The molecule has 0 spiro atoms. The fraction of sp³-hybridized carbons (Fsp3) is 0.263. The highest BCUT2D eigenvalue weighted by Gasteiger charge is 2.33. The lowest BCUT2D eigenvalue weighted by Crippen LogP contribution is -2.37.